The molecule has 134 valence electrons. The van der Waals surface area contributed by atoms with Gasteiger partial charge in [-0.2, -0.15) is 0 Å². The third kappa shape index (κ3) is 3.30. The number of carboxylic acid groups (broad SMARTS) is 1. The van der Waals surface area contributed by atoms with E-state index in [-0.39, 0.29) is 24.3 Å². The molecule has 1 saturated heterocycles. The van der Waals surface area contributed by atoms with Crippen LogP contribution in [-0.4, -0.2) is 59.7 Å². The van der Waals surface area contributed by atoms with Gasteiger partial charge in [0.25, 0.3) is 11.8 Å². The number of carbonyl (C=O) groups is 3. The van der Waals surface area contributed by atoms with Crippen LogP contribution in [0.2, 0.25) is 0 Å². The second-order valence-corrected chi connectivity index (χ2v) is 6.23. The number of likely N-dealkylation sites (tertiary alicyclic amines) is 1. The largest absolute Gasteiger partial charge is 0.481 e. The van der Waals surface area contributed by atoms with E-state index in [0.717, 1.165) is 0 Å². The van der Waals surface area contributed by atoms with Gasteiger partial charge in [-0.1, -0.05) is 6.07 Å². The fraction of sp³-hybridized carbons (Fsp3) is 0.471. The van der Waals surface area contributed by atoms with Crippen LogP contribution in [0.4, 0.5) is 5.69 Å². The van der Waals surface area contributed by atoms with Crippen LogP contribution in [0.1, 0.15) is 30.1 Å². The maximum Gasteiger partial charge on any atom is 0.305 e. The maximum absolute atomic E-state index is 13.0. The Morgan fingerprint density at radius 1 is 1.44 bits per heavy atom. The molecule has 1 aromatic carbocycles. The Labute approximate surface area is 144 Å². The predicted molar refractivity (Wildman–Crippen MR) is 87.7 cm³/mol. The van der Waals surface area contributed by atoms with Gasteiger partial charge in [-0.3, -0.25) is 14.4 Å². The molecule has 3 atom stereocenters. The molecule has 8 nitrogen and oxygen atoms in total. The van der Waals surface area contributed by atoms with Crippen molar-refractivity contribution < 1.29 is 29.0 Å². The van der Waals surface area contributed by atoms with E-state index in [1.807, 2.05) is 0 Å². The molecule has 0 spiro atoms. The molecule has 3 unspecified atom stereocenters. The zero-order chi connectivity index (χ0) is 18.1. The van der Waals surface area contributed by atoms with E-state index in [1.165, 1.54) is 4.90 Å². The summed E-state index contributed by atoms with van der Waals surface area (Å²) in [5, 5.41) is 11.8. The number of nitrogens with one attached hydrogen (secondary N) is 1. The van der Waals surface area contributed by atoms with Crippen LogP contribution in [0.5, 0.6) is 5.75 Å². The minimum absolute atomic E-state index is 0.144. The second-order valence-electron chi connectivity index (χ2n) is 6.23. The smallest absolute Gasteiger partial charge is 0.305 e. The number of fused-ring (bicyclic) bond motifs is 1. The number of anilines is 1. The van der Waals surface area contributed by atoms with E-state index >= 15 is 0 Å². The standard InChI is InChI=1S/C17H20N2O6/c1-9-16(22)18-13-5-3-4-12(15(13)25-9)17(23)19-8-11(24-2)6-10(19)7-14(20)21/h3-5,9-11H,6-8H2,1-2H3,(H,18,22)(H,20,21). The molecule has 1 fully saturated rings. The zero-order valence-corrected chi connectivity index (χ0v) is 14.0. The van der Waals surface area contributed by atoms with Gasteiger partial charge < -0.3 is 24.8 Å². The average Bonchev–Trinajstić information content (AvgIpc) is 2.97. The van der Waals surface area contributed by atoms with Crippen LogP contribution >= 0.6 is 0 Å². The number of para-hydroxylation sites is 1. The van der Waals surface area contributed by atoms with E-state index in [0.29, 0.717) is 30.0 Å². The predicted octanol–water partition coefficient (Wildman–Crippen LogP) is 1.11. The number of methoxy groups -OCH3 is 1. The normalized spacial score (nSPS) is 25.1. The van der Waals surface area contributed by atoms with Gasteiger partial charge in [0, 0.05) is 19.7 Å². The molecule has 0 bridgehead atoms. The number of aliphatic carboxylic acids is 1. The summed E-state index contributed by atoms with van der Waals surface area (Å²) in [6, 6.07) is 4.49. The van der Waals surface area contributed by atoms with Crippen LogP contribution < -0.4 is 10.1 Å². The SMILES string of the molecule is COC1CC(CC(=O)O)N(C(=O)c2cccc3c2OC(C)C(=O)N3)C1. The van der Waals surface area contributed by atoms with Crippen LogP contribution in [0.3, 0.4) is 0 Å². The Morgan fingerprint density at radius 3 is 2.88 bits per heavy atom. The molecule has 2 amide bonds. The molecule has 2 aliphatic rings. The van der Waals surface area contributed by atoms with Gasteiger partial charge in [-0.05, 0) is 25.5 Å². The number of nitrogens with zero attached hydrogens (tertiary/aromatic N) is 1. The summed E-state index contributed by atoms with van der Waals surface area (Å²) in [7, 11) is 1.54. The topological polar surface area (TPSA) is 105 Å². The van der Waals surface area contributed by atoms with Crippen molar-refractivity contribution in [1.29, 1.82) is 0 Å². The molecule has 8 heteroatoms. The molecule has 0 radical (unpaired) electrons. The highest BCUT2D eigenvalue weighted by atomic mass is 16.5. The molecule has 0 aromatic heterocycles. The first-order chi connectivity index (χ1) is 11.9. The lowest BCUT2D eigenvalue weighted by molar-refractivity contribution is -0.138. The molecular weight excluding hydrogens is 328 g/mol. The van der Waals surface area contributed by atoms with E-state index < -0.39 is 18.1 Å². The van der Waals surface area contributed by atoms with Crippen molar-refractivity contribution in [2.45, 2.75) is 38.0 Å². The molecule has 1 aromatic rings. The lowest BCUT2D eigenvalue weighted by atomic mass is 10.1. The van der Waals surface area contributed by atoms with E-state index in [4.69, 9.17) is 14.6 Å². The minimum Gasteiger partial charge on any atom is -0.481 e. The molecule has 2 N–H and O–H groups in total. The number of carbonyl (C=O) groups excluding carboxylic acids is 2. The van der Waals surface area contributed by atoms with Crippen LogP contribution in [-0.2, 0) is 14.3 Å². The van der Waals surface area contributed by atoms with Gasteiger partial charge in [0.05, 0.1) is 23.8 Å². The fourth-order valence-electron chi connectivity index (χ4n) is 3.24. The molecule has 25 heavy (non-hydrogen) atoms. The Hall–Kier alpha value is -2.61. The van der Waals surface area contributed by atoms with Gasteiger partial charge >= 0.3 is 5.97 Å². The molecule has 0 aliphatic carbocycles. The summed E-state index contributed by atoms with van der Waals surface area (Å²) >= 11 is 0. The first kappa shape index (κ1) is 17.2. The molecule has 0 saturated carbocycles. The van der Waals surface area contributed by atoms with Gasteiger partial charge in [-0.25, -0.2) is 0 Å². The summed E-state index contributed by atoms with van der Waals surface area (Å²) in [6.07, 6.45) is -0.583. The summed E-state index contributed by atoms with van der Waals surface area (Å²) in [4.78, 5) is 37.4. The summed E-state index contributed by atoms with van der Waals surface area (Å²) in [5.74, 6) is -1.26. The quantitative estimate of drug-likeness (QED) is 0.844. The first-order valence-corrected chi connectivity index (χ1v) is 8.06. The Balaban J connectivity index is 1.91. The zero-order valence-electron chi connectivity index (χ0n) is 14.0. The Bertz CT molecular complexity index is 719. The van der Waals surface area contributed by atoms with Gasteiger partial charge in [0.15, 0.2) is 11.9 Å². The van der Waals surface area contributed by atoms with E-state index in [1.54, 1.807) is 32.2 Å². The lowest BCUT2D eigenvalue weighted by Gasteiger charge is -2.28. The number of ether oxygens (including phenoxy) is 2. The highest BCUT2D eigenvalue weighted by molar-refractivity contribution is 6.04. The van der Waals surface area contributed by atoms with Crippen LogP contribution in [0.15, 0.2) is 18.2 Å². The monoisotopic (exact) mass is 348 g/mol. The van der Waals surface area contributed by atoms with Crippen molar-refractivity contribution in [2.75, 3.05) is 19.0 Å². The van der Waals surface area contributed by atoms with Crippen LogP contribution in [0.25, 0.3) is 0 Å². The maximum atomic E-state index is 13.0. The lowest BCUT2D eigenvalue weighted by Crippen LogP contribution is -2.39. The van der Waals surface area contributed by atoms with E-state index in [2.05, 4.69) is 5.32 Å². The Morgan fingerprint density at radius 2 is 2.20 bits per heavy atom. The van der Waals surface area contributed by atoms with Crippen molar-refractivity contribution >= 4 is 23.5 Å². The van der Waals surface area contributed by atoms with E-state index in [9.17, 15) is 14.4 Å². The number of benzene rings is 1. The van der Waals surface area contributed by atoms with Gasteiger partial charge in [0.2, 0.25) is 0 Å². The number of amides is 2. The van der Waals surface area contributed by atoms with Crippen molar-refractivity contribution in [2.24, 2.45) is 0 Å². The molecule has 3 rings (SSSR count). The van der Waals surface area contributed by atoms with Gasteiger partial charge in [0.1, 0.15) is 0 Å². The summed E-state index contributed by atoms with van der Waals surface area (Å²) in [5.41, 5.74) is 0.739. The van der Waals surface area contributed by atoms with Crippen molar-refractivity contribution in [3.63, 3.8) is 0 Å². The summed E-state index contributed by atoms with van der Waals surface area (Å²) < 4.78 is 10.9. The van der Waals surface area contributed by atoms with Crippen molar-refractivity contribution in [3.8, 4) is 5.75 Å². The molecule has 2 heterocycles. The Kier molecular flexibility index (Phi) is 4.63. The third-order valence-electron chi connectivity index (χ3n) is 4.55. The number of carboxylic acids is 1. The third-order valence-corrected chi connectivity index (χ3v) is 4.55. The first-order valence-electron chi connectivity index (χ1n) is 8.06. The highest BCUT2D eigenvalue weighted by Crippen LogP contribution is 2.35. The van der Waals surface area contributed by atoms with Crippen LogP contribution in [0, 0.1) is 0 Å². The highest BCUT2D eigenvalue weighted by Gasteiger charge is 2.38. The van der Waals surface area contributed by atoms with Gasteiger partial charge in [-0.15, -0.1) is 0 Å². The number of rotatable bonds is 4. The minimum atomic E-state index is -0.966. The number of hydrogen-bond donors (Lipinski definition) is 2. The van der Waals surface area contributed by atoms with Crippen molar-refractivity contribution in [1.82, 2.24) is 4.90 Å². The second kappa shape index (κ2) is 6.72. The summed E-state index contributed by atoms with van der Waals surface area (Å²) in [6.45, 7) is 1.92. The van der Waals surface area contributed by atoms with Crippen molar-refractivity contribution in [3.05, 3.63) is 23.8 Å². The fourth-order valence-corrected chi connectivity index (χ4v) is 3.24. The molecule has 2 aliphatic heterocycles. The average molecular weight is 348 g/mol. The molecular formula is C17H20N2O6. The number of hydrogen-bond acceptors (Lipinski definition) is 5.